The summed E-state index contributed by atoms with van der Waals surface area (Å²) < 4.78 is 0. The Labute approximate surface area is 110 Å². The predicted molar refractivity (Wildman–Crippen MR) is 74.9 cm³/mol. The van der Waals surface area contributed by atoms with Crippen LogP contribution in [-0.4, -0.2) is 11.0 Å². The Hall–Kier alpha value is -2.42. The molecular weight excluding hydrogens is 238 g/mol. The van der Waals surface area contributed by atoms with Gasteiger partial charge in [0.25, 0.3) is 0 Å². The second kappa shape index (κ2) is 4.05. The molecule has 0 spiro atoms. The molecule has 0 atom stereocenters. The summed E-state index contributed by atoms with van der Waals surface area (Å²) in [6.07, 6.45) is 0. The van der Waals surface area contributed by atoms with Crippen LogP contribution in [-0.2, 0) is 4.79 Å². The molecule has 3 heteroatoms. The summed E-state index contributed by atoms with van der Waals surface area (Å²) in [4.78, 5) is 15.3. The molecule has 1 aromatic carbocycles. The van der Waals surface area contributed by atoms with E-state index in [1.165, 1.54) is 6.92 Å². The first-order valence-electron chi connectivity index (χ1n) is 6.11. The van der Waals surface area contributed by atoms with E-state index in [1.807, 2.05) is 36.4 Å². The fourth-order valence-electron chi connectivity index (χ4n) is 2.55. The van der Waals surface area contributed by atoms with Crippen LogP contribution >= 0.6 is 0 Å². The van der Waals surface area contributed by atoms with Crippen molar-refractivity contribution < 1.29 is 9.90 Å². The monoisotopic (exact) mass is 251 g/mol. The first-order chi connectivity index (χ1) is 9.08. The number of carbonyl (C=O) groups is 1. The first-order valence-corrected chi connectivity index (χ1v) is 6.11. The van der Waals surface area contributed by atoms with Crippen molar-refractivity contribution in [1.82, 2.24) is 0 Å². The smallest absolute Gasteiger partial charge is 0.243 e. The van der Waals surface area contributed by atoms with Crippen molar-refractivity contribution in [2.75, 3.05) is 0 Å². The zero-order valence-electron chi connectivity index (χ0n) is 10.8. The number of aliphatic hydroxyl groups excluding tert-OH is 1. The van der Waals surface area contributed by atoms with Gasteiger partial charge in [0, 0.05) is 17.5 Å². The summed E-state index contributed by atoms with van der Waals surface area (Å²) in [5, 5.41) is 13.1. The predicted octanol–water partition coefficient (Wildman–Crippen LogP) is 2.23. The average molecular weight is 251 g/mol. The molecule has 2 aliphatic rings. The summed E-state index contributed by atoms with van der Waals surface area (Å²) in [5.74, 6) is -0.0104. The minimum Gasteiger partial charge on any atom is -0.512 e. The maximum Gasteiger partial charge on any atom is 0.243 e. The lowest BCUT2D eigenvalue weighted by molar-refractivity contribution is -0.116. The van der Waals surface area contributed by atoms with Crippen LogP contribution in [0.4, 0.5) is 0 Å². The second-order valence-electron chi connectivity index (χ2n) is 4.68. The van der Waals surface area contributed by atoms with Crippen LogP contribution < -0.4 is 10.6 Å². The van der Waals surface area contributed by atoms with E-state index in [1.54, 1.807) is 6.92 Å². The molecule has 1 aromatic rings. The summed E-state index contributed by atoms with van der Waals surface area (Å²) in [5.41, 5.74) is 2.14. The zero-order chi connectivity index (χ0) is 13.6. The van der Waals surface area contributed by atoms with Gasteiger partial charge in [-0.25, -0.2) is 4.99 Å². The highest BCUT2D eigenvalue weighted by Gasteiger charge is 2.13. The van der Waals surface area contributed by atoms with E-state index >= 15 is 0 Å². The highest BCUT2D eigenvalue weighted by Crippen LogP contribution is 2.30. The standard InChI is InChI=1S/C16H13NO2/c1-9(18)13-7-5-11-3-4-12-6-8-14(17-10(2)19)16(13)15(11)12/h3-8,18H,1-2H3/b13-9-,17-14?. The molecule has 0 saturated heterocycles. The minimum absolute atomic E-state index is 0.232. The van der Waals surface area contributed by atoms with Crippen molar-refractivity contribution in [1.29, 1.82) is 0 Å². The van der Waals surface area contributed by atoms with Gasteiger partial charge >= 0.3 is 0 Å². The van der Waals surface area contributed by atoms with E-state index in [0.717, 1.165) is 27.1 Å². The van der Waals surface area contributed by atoms with E-state index in [9.17, 15) is 9.90 Å². The third-order valence-electron chi connectivity index (χ3n) is 3.31. The molecule has 0 aliphatic heterocycles. The number of hydrogen-bond donors (Lipinski definition) is 1. The summed E-state index contributed by atoms with van der Waals surface area (Å²) in [6, 6.07) is 11.7. The Kier molecular flexibility index (Phi) is 2.49. The Balaban J connectivity index is 2.66. The Morgan fingerprint density at radius 2 is 1.74 bits per heavy atom. The van der Waals surface area contributed by atoms with Gasteiger partial charge in [0.1, 0.15) is 0 Å². The van der Waals surface area contributed by atoms with Crippen molar-refractivity contribution >= 4 is 22.4 Å². The maximum absolute atomic E-state index is 11.3. The fourth-order valence-corrected chi connectivity index (χ4v) is 2.55. The molecule has 1 N–H and O–H groups in total. The summed E-state index contributed by atoms with van der Waals surface area (Å²) in [6.45, 7) is 3.07. The zero-order valence-corrected chi connectivity index (χ0v) is 10.8. The molecule has 0 bridgehead atoms. The first kappa shape index (κ1) is 11.7. The molecule has 0 fully saturated rings. The van der Waals surface area contributed by atoms with Crippen molar-refractivity contribution in [3.8, 4) is 11.1 Å². The number of nitrogens with zero attached hydrogens (tertiary/aromatic N) is 1. The molecule has 0 saturated carbocycles. The van der Waals surface area contributed by atoms with Gasteiger partial charge in [-0.3, -0.25) is 4.79 Å². The molecule has 19 heavy (non-hydrogen) atoms. The van der Waals surface area contributed by atoms with E-state index in [-0.39, 0.29) is 11.7 Å². The largest absolute Gasteiger partial charge is 0.512 e. The molecule has 3 nitrogen and oxygen atoms in total. The van der Waals surface area contributed by atoms with Crippen molar-refractivity contribution in [2.24, 2.45) is 4.99 Å². The van der Waals surface area contributed by atoms with Crippen molar-refractivity contribution in [2.45, 2.75) is 13.8 Å². The topological polar surface area (TPSA) is 49.7 Å². The van der Waals surface area contributed by atoms with Gasteiger partial charge in [-0.05, 0) is 29.5 Å². The molecule has 0 radical (unpaired) electrons. The third kappa shape index (κ3) is 1.74. The van der Waals surface area contributed by atoms with Crippen LogP contribution in [0.2, 0.25) is 0 Å². The van der Waals surface area contributed by atoms with Crippen molar-refractivity contribution in [3.63, 3.8) is 0 Å². The van der Waals surface area contributed by atoms with Crippen LogP contribution in [0.3, 0.4) is 0 Å². The minimum atomic E-state index is -0.242. The quantitative estimate of drug-likeness (QED) is 0.666. The molecule has 1 amide bonds. The maximum atomic E-state index is 11.3. The summed E-state index contributed by atoms with van der Waals surface area (Å²) in [7, 11) is 0. The number of aliphatic hydroxyl groups is 1. The van der Waals surface area contributed by atoms with Gasteiger partial charge < -0.3 is 5.11 Å². The third-order valence-corrected chi connectivity index (χ3v) is 3.31. The fraction of sp³-hybridized carbons (Fsp3) is 0.125. The van der Waals surface area contributed by atoms with Crippen molar-refractivity contribution in [3.05, 3.63) is 47.0 Å². The molecule has 94 valence electrons. The molecule has 0 unspecified atom stereocenters. The van der Waals surface area contributed by atoms with Crippen LogP contribution in [0.15, 0.2) is 41.4 Å². The molecule has 3 rings (SSSR count). The normalized spacial score (nSPS) is 14.3. The van der Waals surface area contributed by atoms with Gasteiger partial charge in [-0.15, -0.1) is 0 Å². The van der Waals surface area contributed by atoms with Crippen LogP contribution in [0, 0.1) is 0 Å². The highest BCUT2D eigenvalue weighted by atomic mass is 16.3. The van der Waals surface area contributed by atoms with E-state index in [0.29, 0.717) is 5.36 Å². The molecule has 0 heterocycles. The van der Waals surface area contributed by atoms with Crippen LogP contribution in [0.25, 0.3) is 27.7 Å². The second-order valence-corrected chi connectivity index (χ2v) is 4.68. The number of benzene rings is 2. The number of carbonyl (C=O) groups excluding carboxylic acids is 1. The lowest BCUT2D eigenvalue weighted by Crippen LogP contribution is -2.18. The van der Waals surface area contributed by atoms with E-state index in [4.69, 9.17) is 0 Å². The van der Waals surface area contributed by atoms with Gasteiger partial charge in [-0.2, -0.15) is 0 Å². The lowest BCUT2D eigenvalue weighted by atomic mass is 9.98. The van der Waals surface area contributed by atoms with Gasteiger partial charge in [0.15, 0.2) is 0 Å². The van der Waals surface area contributed by atoms with E-state index < -0.39 is 0 Å². The molecule has 2 aliphatic carbocycles. The highest BCUT2D eigenvalue weighted by molar-refractivity contribution is 6.00. The van der Waals surface area contributed by atoms with E-state index in [2.05, 4.69) is 4.99 Å². The Morgan fingerprint density at radius 3 is 2.42 bits per heavy atom. The van der Waals surface area contributed by atoms with Crippen LogP contribution in [0.1, 0.15) is 13.8 Å². The Morgan fingerprint density at radius 1 is 1.05 bits per heavy atom. The average Bonchev–Trinajstić information content (AvgIpc) is 2.76. The van der Waals surface area contributed by atoms with Crippen LogP contribution in [0.5, 0.6) is 0 Å². The Bertz CT molecular complexity index is 860. The van der Waals surface area contributed by atoms with Gasteiger partial charge in [-0.1, -0.05) is 30.3 Å². The van der Waals surface area contributed by atoms with Gasteiger partial charge in [0.2, 0.25) is 5.91 Å². The summed E-state index contributed by atoms with van der Waals surface area (Å²) >= 11 is 0. The molecular formula is C16H13NO2. The lowest BCUT2D eigenvalue weighted by Gasteiger charge is -2.07. The van der Waals surface area contributed by atoms with Gasteiger partial charge in [0.05, 0.1) is 11.1 Å². The number of hydrogen-bond acceptors (Lipinski definition) is 2. The molecule has 0 aromatic heterocycles. The number of rotatable bonds is 0. The number of amides is 1. The SMILES string of the molecule is CC(=O)N=c1ccc2ccc3cc/c(=C(\C)O)c1c3-2.